The Balaban J connectivity index is 1.33. The van der Waals surface area contributed by atoms with Gasteiger partial charge in [0.1, 0.15) is 11.2 Å². The van der Waals surface area contributed by atoms with E-state index >= 15 is 0 Å². The molecule has 1 nitrogen and oxygen atoms in total. The Morgan fingerprint density at radius 1 is 0.383 bits per heavy atom. The van der Waals surface area contributed by atoms with Crippen LogP contribution in [0.25, 0.3) is 98.4 Å². The van der Waals surface area contributed by atoms with Gasteiger partial charge in [0.05, 0.1) is 20.6 Å². The van der Waals surface area contributed by atoms with Crippen molar-refractivity contribution in [1.82, 2.24) is 0 Å². The topological polar surface area (TPSA) is 13.1 Å². The number of rotatable bonds is 3. The predicted octanol–water partition coefficient (Wildman–Crippen LogP) is 13.2. The molecule has 9 aromatic carbocycles. The average Bonchev–Trinajstić information content (AvgIpc) is 3.67. The van der Waals surface area contributed by atoms with E-state index in [4.69, 9.17) is 18.1 Å². The minimum absolute atomic E-state index is 0.0352. The molecule has 0 fully saturated rings. The van der Waals surface area contributed by atoms with Crippen LogP contribution in [-0.2, 0) is 0 Å². The van der Waals surface area contributed by atoms with Gasteiger partial charge in [-0.05, 0) is 94.7 Å². The Kier molecular flexibility index (Phi) is 3.33. The quantitative estimate of drug-likeness (QED) is 0.181. The molecule has 0 aliphatic carbocycles. The Labute approximate surface area is 293 Å². The van der Waals surface area contributed by atoms with Crippen LogP contribution in [0.5, 0.6) is 0 Å². The lowest BCUT2D eigenvalue weighted by atomic mass is 9.84. The lowest BCUT2D eigenvalue weighted by Crippen LogP contribution is -1.91. The maximum Gasteiger partial charge on any atom is 0.136 e. The minimum Gasteiger partial charge on any atom is -0.456 e. The van der Waals surface area contributed by atoms with E-state index in [2.05, 4.69) is 0 Å². The third-order valence-corrected chi connectivity index (χ3v) is 8.80. The van der Waals surface area contributed by atoms with Crippen LogP contribution in [0.1, 0.15) is 20.6 Å². The number of benzene rings is 9. The smallest absolute Gasteiger partial charge is 0.136 e. The summed E-state index contributed by atoms with van der Waals surface area (Å²) in [4.78, 5) is 0. The highest BCUT2D eigenvalue weighted by Crippen LogP contribution is 2.45. The van der Waals surface area contributed by atoms with Crippen molar-refractivity contribution in [1.29, 1.82) is 0 Å². The van der Waals surface area contributed by atoms with E-state index in [0.717, 1.165) is 38.3 Å². The molecule has 1 heterocycles. The van der Waals surface area contributed by atoms with Crippen LogP contribution in [0, 0.1) is 0 Å². The fourth-order valence-electron chi connectivity index (χ4n) is 6.72. The lowest BCUT2D eigenvalue weighted by molar-refractivity contribution is 0.669. The summed E-state index contributed by atoms with van der Waals surface area (Å²) >= 11 is 0. The summed E-state index contributed by atoms with van der Waals surface area (Å²) in [6.07, 6.45) is 0. The zero-order valence-corrected chi connectivity index (χ0v) is 24.4. The van der Waals surface area contributed by atoms with Gasteiger partial charge >= 0.3 is 0 Å². The maximum absolute atomic E-state index is 9.34. The zero-order chi connectivity index (χ0) is 44.0. The zero-order valence-electron chi connectivity index (χ0n) is 39.4. The Morgan fingerprint density at radius 3 is 1.74 bits per heavy atom. The molecule has 0 saturated carbocycles. The van der Waals surface area contributed by atoms with Gasteiger partial charge in [-0.25, -0.2) is 0 Å². The van der Waals surface area contributed by atoms with E-state index in [0.29, 0.717) is 11.1 Å². The molecule has 0 spiro atoms. The minimum atomic E-state index is -0.755. The summed E-state index contributed by atoms with van der Waals surface area (Å²) in [5.74, 6) is 0. The van der Waals surface area contributed by atoms with Crippen molar-refractivity contribution in [3.05, 3.63) is 169 Å². The van der Waals surface area contributed by atoms with Crippen LogP contribution >= 0.6 is 0 Å². The molecule has 218 valence electrons. The first-order chi connectivity index (χ1) is 29.5. The number of hydrogen-bond donors (Lipinski definition) is 0. The van der Waals surface area contributed by atoms with Crippen molar-refractivity contribution in [2.24, 2.45) is 0 Å². The monoisotopic (exact) mass is 611 g/mol. The second kappa shape index (κ2) is 10.2. The molecule has 0 bridgehead atoms. The van der Waals surface area contributed by atoms with Gasteiger partial charge in [0.25, 0.3) is 0 Å². The molecule has 0 aliphatic heterocycles. The summed E-state index contributed by atoms with van der Waals surface area (Å²) in [7, 11) is 0. The first-order valence-electron chi connectivity index (χ1n) is 22.5. The third kappa shape index (κ3) is 3.97. The van der Waals surface area contributed by atoms with E-state index in [1.54, 1.807) is 24.3 Å². The molecule has 0 radical (unpaired) electrons. The van der Waals surface area contributed by atoms with Crippen LogP contribution in [0.2, 0.25) is 0 Å². The third-order valence-electron chi connectivity index (χ3n) is 8.80. The van der Waals surface area contributed by atoms with Gasteiger partial charge in [-0.15, -0.1) is 0 Å². The van der Waals surface area contributed by atoms with Crippen molar-refractivity contribution < 1.29 is 25.0 Å². The molecule has 1 heteroatoms. The van der Waals surface area contributed by atoms with Gasteiger partial charge in [-0.2, -0.15) is 0 Å². The second-order valence-corrected chi connectivity index (χ2v) is 11.3. The van der Waals surface area contributed by atoms with Crippen LogP contribution in [0.3, 0.4) is 0 Å². The largest absolute Gasteiger partial charge is 0.456 e. The normalized spacial score (nSPS) is 16.3. The van der Waals surface area contributed by atoms with E-state index in [-0.39, 0.29) is 32.7 Å². The SMILES string of the molecule is [2H]c1c([2H])c([2H])c2c(-c3c4c([2H])c([2H])c([2H])c([2H])c4c(-c4ccc(-c5ccc6oc7ccc8ccccc8c7c6c5)cc4)c4c([2H])c([2H])c([2H])c([2H])c34)c([2H])c([2H])c([2H])c2c1[2H]. The van der Waals surface area contributed by atoms with Gasteiger partial charge in [0.2, 0.25) is 0 Å². The maximum atomic E-state index is 9.34. The van der Waals surface area contributed by atoms with Gasteiger partial charge < -0.3 is 4.42 Å². The predicted molar refractivity (Wildman–Crippen MR) is 200 cm³/mol. The molecule has 0 unspecified atom stereocenters. The molecule has 47 heavy (non-hydrogen) atoms. The molecule has 1 aromatic heterocycles. The van der Waals surface area contributed by atoms with Gasteiger partial charge in [-0.3, -0.25) is 0 Å². The van der Waals surface area contributed by atoms with E-state index in [9.17, 15) is 6.85 Å². The standard InChI is InChI=1S/C46H28O/c1-3-13-34-30(10-1)12-9-19-36(34)45-39-17-7-5-15-37(39)44(38-16-6-8-18-40(38)45)32-22-20-29(21-23-32)33-25-26-42-41(28-33)46-35-14-4-2-11-31(35)24-27-43(46)47-42/h1-28H/i1D,3D,5D,6D,7D,8D,9D,10D,12D,13D,15D,16D,17D,18D,19D. The number of fused-ring (bicyclic) bond motifs is 8. The van der Waals surface area contributed by atoms with Gasteiger partial charge in [0, 0.05) is 10.8 Å². The molecule has 0 N–H and O–H groups in total. The van der Waals surface area contributed by atoms with Crippen LogP contribution in [0.15, 0.2) is 174 Å². The highest BCUT2D eigenvalue weighted by molar-refractivity contribution is 6.24. The highest BCUT2D eigenvalue weighted by Gasteiger charge is 2.18. The molecular formula is C46H28O. The van der Waals surface area contributed by atoms with Crippen molar-refractivity contribution >= 4 is 65.0 Å². The molecule has 0 aliphatic rings. The van der Waals surface area contributed by atoms with E-state index < -0.39 is 107 Å². The second-order valence-electron chi connectivity index (χ2n) is 11.3. The van der Waals surface area contributed by atoms with Crippen molar-refractivity contribution in [2.45, 2.75) is 0 Å². The highest BCUT2D eigenvalue weighted by atomic mass is 16.3. The molecule has 0 atom stereocenters. The molecule has 10 aromatic rings. The summed E-state index contributed by atoms with van der Waals surface area (Å²) in [6.45, 7) is 0. The Morgan fingerprint density at radius 2 is 0.979 bits per heavy atom. The fraction of sp³-hybridized carbons (Fsp3) is 0. The van der Waals surface area contributed by atoms with Crippen molar-refractivity contribution in [3.8, 4) is 33.4 Å². The summed E-state index contributed by atoms with van der Waals surface area (Å²) in [5, 5.41) is 2.19. The number of furan rings is 1. The van der Waals surface area contributed by atoms with E-state index in [1.807, 2.05) is 54.6 Å². The van der Waals surface area contributed by atoms with Crippen LogP contribution in [0.4, 0.5) is 0 Å². The first kappa shape index (κ1) is 15.4. The van der Waals surface area contributed by atoms with Gasteiger partial charge in [0.15, 0.2) is 0 Å². The Hall–Kier alpha value is -6.18. The summed E-state index contributed by atoms with van der Waals surface area (Å²) in [6, 6.07) is 14.6. The van der Waals surface area contributed by atoms with Crippen molar-refractivity contribution in [3.63, 3.8) is 0 Å². The fourth-order valence-corrected chi connectivity index (χ4v) is 6.72. The molecule has 0 saturated heterocycles. The molecule has 10 rings (SSSR count). The van der Waals surface area contributed by atoms with Gasteiger partial charge in [-0.1, -0.05) is 151 Å². The Bertz CT molecular complexity index is 3600. The van der Waals surface area contributed by atoms with E-state index in [1.165, 1.54) is 0 Å². The molecular weight excluding hydrogens is 569 g/mol. The van der Waals surface area contributed by atoms with Crippen LogP contribution < -0.4 is 0 Å². The lowest BCUT2D eigenvalue weighted by Gasteiger charge is -2.19. The first-order valence-corrected chi connectivity index (χ1v) is 15.0. The average molecular weight is 612 g/mol. The van der Waals surface area contributed by atoms with Crippen LogP contribution in [-0.4, -0.2) is 0 Å². The number of hydrogen-bond acceptors (Lipinski definition) is 1. The summed E-state index contributed by atoms with van der Waals surface area (Å²) in [5.41, 5.74) is 2.61. The summed E-state index contributed by atoms with van der Waals surface area (Å²) < 4.78 is 140. The van der Waals surface area contributed by atoms with Crippen molar-refractivity contribution in [2.75, 3.05) is 0 Å². The molecule has 0 amide bonds.